The average molecular weight is 260 g/mol. The SMILES string of the molecule is COc1cccc(C2NCCN3C(=O)CCC23)c1C. The number of ether oxygens (including phenoxy) is 1. The van der Waals surface area contributed by atoms with Gasteiger partial charge in [0.1, 0.15) is 5.75 Å². The summed E-state index contributed by atoms with van der Waals surface area (Å²) in [5.41, 5.74) is 2.42. The number of hydrogen-bond acceptors (Lipinski definition) is 3. The van der Waals surface area contributed by atoms with Crippen LogP contribution in [0, 0.1) is 6.92 Å². The second kappa shape index (κ2) is 4.85. The zero-order valence-corrected chi connectivity index (χ0v) is 11.5. The second-order valence-corrected chi connectivity index (χ2v) is 5.30. The van der Waals surface area contributed by atoms with Crippen LogP contribution in [0.5, 0.6) is 5.75 Å². The Labute approximate surface area is 113 Å². The van der Waals surface area contributed by atoms with Crippen LogP contribution in [0.3, 0.4) is 0 Å². The van der Waals surface area contributed by atoms with E-state index in [1.54, 1.807) is 7.11 Å². The predicted octanol–water partition coefficient (Wildman–Crippen LogP) is 1.64. The van der Waals surface area contributed by atoms with Gasteiger partial charge in [0.25, 0.3) is 0 Å². The Morgan fingerprint density at radius 1 is 1.42 bits per heavy atom. The van der Waals surface area contributed by atoms with Gasteiger partial charge >= 0.3 is 0 Å². The molecule has 102 valence electrons. The molecular formula is C15H20N2O2. The second-order valence-electron chi connectivity index (χ2n) is 5.30. The first-order valence-electron chi connectivity index (χ1n) is 6.88. The Hall–Kier alpha value is -1.55. The number of rotatable bonds is 2. The summed E-state index contributed by atoms with van der Waals surface area (Å²) in [5, 5.41) is 3.57. The molecule has 19 heavy (non-hydrogen) atoms. The van der Waals surface area contributed by atoms with E-state index in [1.807, 2.05) is 17.0 Å². The highest BCUT2D eigenvalue weighted by Gasteiger charge is 2.40. The molecule has 1 N–H and O–H groups in total. The van der Waals surface area contributed by atoms with Crippen molar-refractivity contribution in [1.29, 1.82) is 0 Å². The van der Waals surface area contributed by atoms with E-state index in [-0.39, 0.29) is 6.04 Å². The molecular weight excluding hydrogens is 240 g/mol. The van der Waals surface area contributed by atoms with Crippen LogP contribution in [0.25, 0.3) is 0 Å². The number of benzene rings is 1. The highest BCUT2D eigenvalue weighted by molar-refractivity contribution is 5.79. The molecule has 2 heterocycles. The van der Waals surface area contributed by atoms with Gasteiger partial charge < -0.3 is 15.0 Å². The normalized spacial score (nSPS) is 26.4. The first-order valence-corrected chi connectivity index (χ1v) is 6.88. The summed E-state index contributed by atoms with van der Waals surface area (Å²) in [6.45, 7) is 3.79. The molecule has 2 aliphatic rings. The molecule has 0 saturated carbocycles. The number of hydrogen-bond donors (Lipinski definition) is 1. The fraction of sp³-hybridized carbons (Fsp3) is 0.533. The lowest BCUT2D eigenvalue weighted by Gasteiger charge is -2.38. The molecule has 0 aliphatic carbocycles. The molecule has 0 radical (unpaired) electrons. The molecule has 1 aromatic carbocycles. The summed E-state index contributed by atoms with van der Waals surface area (Å²) in [5.74, 6) is 1.22. The van der Waals surface area contributed by atoms with Crippen LogP contribution >= 0.6 is 0 Å². The van der Waals surface area contributed by atoms with Gasteiger partial charge in [0, 0.05) is 19.5 Å². The summed E-state index contributed by atoms with van der Waals surface area (Å²) in [6.07, 6.45) is 1.64. The van der Waals surface area contributed by atoms with Gasteiger partial charge in [0.05, 0.1) is 19.2 Å². The standard InChI is InChI=1S/C15H20N2O2/c1-10-11(4-3-5-13(10)19-2)15-12-6-7-14(18)17(12)9-8-16-15/h3-5,12,15-16H,6-9H2,1-2H3. The van der Waals surface area contributed by atoms with Crippen LogP contribution in [-0.4, -0.2) is 37.0 Å². The number of methoxy groups -OCH3 is 1. The number of carbonyl (C=O) groups is 1. The lowest BCUT2D eigenvalue weighted by atomic mass is 9.92. The minimum atomic E-state index is 0.232. The monoisotopic (exact) mass is 260 g/mol. The van der Waals surface area contributed by atoms with E-state index in [0.717, 1.165) is 25.3 Å². The summed E-state index contributed by atoms with van der Waals surface area (Å²) < 4.78 is 5.40. The van der Waals surface area contributed by atoms with Gasteiger partial charge in [-0.2, -0.15) is 0 Å². The topological polar surface area (TPSA) is 41.6 Å². The lowest BCUT2D eigenvalue weighted by Crippen LogP contribution is -2.51. The molecule has 1 aromatic rings. The number of fused-ring (bicyclic) bond motifs is 1. The average Bonchev–Trinajstić information content (AvgIpc) is 2.81. The van der Waals surface area contributed by atoms with Crippen LogP contribution in [0.4, 0.5) is 0 Å². The largest absolute Gasteiger partial charge is 0.496 e. The Kier molecular flexibility index (Phi) is 3.19. The van der Waals surface area contributed by atoms with Gasteiger partial charge in [-0.25, -0.2) is 0 Å². The molecule has 4 heteroatoms. The van der Waals surface area contributed by atoms with Crippen LogP contribution in [-0.2, 0) is 4.79 Å². The first-order chi connectivity index (χ1) is 9.22. The molecule has 2 atom stereocenters. The maximum absolute atomic E-state index is 11.9. The molecule has 0 aromatic heterocycles. The van der Waals surface area contributed by atoms with Crippen molar-refractivity contribution in [3.63, 3.8) is 0 Å². The number of nitrogens with one attached hydrogen (secondary N) is 1. The Bertz CT molecular complexity index is 501. The zero-order valence-electron chi connectivity index (χ0n) is 11.5. The van der Waals surface area contributed by atoms with Crippen molar-refractivity contribution in [3.05, 3.63) is 29.3 Å². The lowest BCUT2D eigenvalue weighted by molar-refractivity contribution is -0.130. The van der Waals surface area contributed by atoms with E-state index in [4.69, 9.17) is 4.74 Å². The summed E-state index contributed by atoms with van der Waals surface area (Å²) in [6, 6.07) is 6.68. The van der Waals surface area contributed by atoms with Crippen LogP contribution in [0.2, 0.25) is 0 Å². The van der Waals surface area contributed by atoms with E-state index in [9.17, 15) is 4.79 Å². The first kappa shape index (κ1) is 12.5. The van der Waals surface area contributed by atoms with E-state index in [2.05, 4.69) is 18.3 Å². The molecule has 2 saturated heterocycles. The van der Waals surface area contributed by atoms with Crippen molar-refractivity contribution in [2.24, 2.45) is 0 Å². The summed E-state index contributed by atoms with van der Waals surface area (Å²) in [7, 11) is 1.70. The molecule has 2 fully saturated rings. The van der Waals surface area contributed by atoms with Gasteiger partial charge in [-0.3, -0.25) is 4.79 Å². The zero-order chi connectivity index (χ0) is 13.4. The number of piperazine rings is 1. The molecule has 3 rings (SSSR count). The smallest absolute Gasteiger partial charge is 0.223 e. The fourth-order valence-electron chi connectivity index (χ4n) is 3.38. The Balaban J connectivity index is 1.95. The molecule has 0 bridgehead atoms. The van der Waals surface area contributed by atoms with Gasteiger partial charge in [-0.15, -0.1) is 0 Å². The molecule has 4 nitrogen and oxygen atoms in total. The number of nitrogens with zero attached hydrogens (tertiary/aromatic N) is 1. The maximum Gasteiger partial charge on any atom is 0.223 e. The Morgan fingerprint density at radius 3 is 3.05 bits per heavy atom. The summed E-state index contributed by atoms with van der Waals surface area (Å²) in [4.78, 5) is 13.9. The van der Waals surface area contributed by atoms with Crippen LogP contribution < -0.4 is 10.1 Å². The van der Waals surface area contributed by atoms with E-state index >= 15 is 0 Å². The molecule has 1 amide bonds. The van der Waals surface area contributed by atoms with Crippen LogP contribution in [0.1, 0.15) is 30.0 Å². The number of carbonyl (C=O) groups excluding carboxylic acids is 1. The van der Waals surface area contributed by atoms with Crippen molar-refractivity contribution in [3.8, 4) is 5.75 Å². The minimum Gasteiger partial charge on any atom is -0.496 e. The van der Waals surface area contributed by atoms with Gasteiger partial charge in [-0.05, 0) is 30.5 Å². The van der Waals surface area contributed by atoms with Crippen LogP contribution in [0.15, 0.2) is 18.2 Å². The van der Waals surface area contributed by atoms with Gasteiger partial charge in [-0.1, -0.05) is 12.1 Å². The molecule has 2 aliphatic heterocycles. The highest BCUT2D eigenvalue weighted by atomic mass is 16.5. The quantitative estimate of drug-likeness (QED) is 0.879. The van der Waals surface area contributed by atoms with Gasteiger partial charge in [0.15, 0.2) is 0 Å². The van der Waals surface area contributed by atoms with Crippen molar-refractivity contribution in [2.45, 2.75) is 31.8 Å². The maximum atomic E-state index is 11.9. The minimum absolute atomic E-state index is 0.232. The van der Waals surface area contributed by atoms with E-state index < -0.39 is 0 Å². The van der Waals surface area contributed by atoms with E-state index in [0.29, 0.717) is 18.4 Å². The Morgan fingerprint density at radius 2 is 2.26 bits per heavy atom. The van der Waals surface area contributed by atoms with E-state index in [1.165, 1.54) is 11.1 Å². The van der Waals surface area contributed by atoms with Crippen molar-refractivity contribution in [2.75, 3.05) is 20.2 Å². The van der Waals surface area contributed by atoms with Crippen molar-refractivity contribution < 1.29 is 9.53 Å². The number of amides is 1. The van der Waals surface area contributed by atoms with Crippen molar-refractivity contribution in [1.82, 2.24) is 10.2 Å². The molecule has 0 spiro atoms. The van der Waals surface area contributed by atoms with Crippen molar-refractivity contribution >= 4 is 5.91 Å². The summed E-state index contributed by atoms with van der Waals surface area (Å²) >= 11 is 0. The highest BCUT2D eigenvalue weighted by Crippen LogP contribution is 2.35. The molecule has 2 unspecified atom stereocenters. The third-order valence-corrected chi connectivity index (χ3v) is 4.36. The predicted molar refractivity (Wildman–Crippen MR) is 73.2 cm³/mol. The fourth-order valence-corrected chi connectivity index (χ4v) is 3.38. The van der Waals surface area contributed by atoms with Gasteiger partial charge in [0.2, 0.25) is 5.91 Å². The third-order valence-electron chi connectivity index (χ3n) is 4.36. The third kappa shape index (κ3) is 2.00.